The largest absolute Gasteiger partial charge is 0.456 e. The number of rotatable bonds is 10. The second kappa shape index (κ2) is 13.6. The van der Waals surface area contributed by atoms with E-state index in [1.165, 1.54) is 6.20 Å². The van der Waals surface area contributed by atoms with E-state index in [0.29, 0.717) is 45.8 Å². The molecule has 0 aliphatic heterocycles. The summed E-state index contributed by atoms with van der Waals surface area (Å²) >= 11 is 0. The summed E-state index contributed by atoms with van der Waals surface area (Å²) < 4.78 is 22.4. The molecule has 222 valence electrons. The van der Waals surface area contributed by atoms with Crippen LogP contribution in [-0.2, 0) is 0 Å². The van der Waals surface area contributed by atoms with Gasteiger partial charge in [-0.2, -0.15) is 0 Å². The minimum atomic E-state index is -0.601. The number of pyridine rings is 1. The number of aliphatic hydroxyl groups is 2. The molecule has 9 heteroatoms. The summed E-state index contributed by atoms with van der Waals surface area (Å²) in [4.78, 5) is 29.2. The number of aliphatic hydroxyl groups excluding tert-OH is 2. The van der Waals surface area contributed by atoms with Gasteiger partial charge in [-0.05, 0) is 104 Å². The Morgan fingerprint density at radius 1 is 0.523 bits per heavy atom. The second-order valence-electron chi connectivity index (χ2n) is 9.85. The molecule has 0 spiro atoms. The normalized spacial score (nSPS) is 12.1. The van der Waals surface area contributed by atoms with Crippen molar-refractivity contribution in [1.82, 2.24) is 4.98 Å². The third-order valence-electron chi connectivity index (χ3n) is 6.49. The molecule has 0 saturated heterocycles. The molecule has 0 amide bonds. The van der Waals surface area contributed by atoms with E-state index in [1.54, 1.807) is 123 Å². The molecular formula is C35H29NO8. The minimum Gasteiger partial charge on any atom is -0.456 e. The highest BCUT2D eigenvalue weighted by molar-refractivity contribution is 5.91. The van der Waals surface area contributed by atoms with Gasteiger partial charge in [0.2, 0.25) is 5.88 Å². The summed E-state index contributed by atoms with van der Waals surface area (Å²) in [5.74, 6) is 1.48. The lowest BCUT2D eigenvalue weighted by molar-refractivity contribution is 0.0725. The quantitative estimate of drug-likeness (QED) is 0.128. The molecule has 0 aliphatic carbocycles. The monoisotopic (exact) mass is 591 g/mol. The van der Waals surface area contributed by atoms with Crippen molar-refractivity contribution >= 4 is 11.9 Å². The van der Waals surface area contributed by atoms with E-state index in [2.05, 4.69) is 4.98 Å². The maximum absolute atomic E-state index is 12.5. The molecule has 5 rings (SSSR count). The van der Waals surface area contributed by atoms with Crippen LogP contribution in [0.3, 0.4) is 0 Å². The van der Waals surface area contributed by atoms with Gasteiger partial charge in [0.25, 0.3) is 0 Å². The van der Waals surface area contributed by atoms with Gasteiger partial charge < -0.3 is 29.2 Å². The first-order valence-corrected chi connectivity index (χ1v) is 13.8. The molecule has 1 aromatic heterocycles. The fraction of sp³-hybridized carbons (Fsp3) is 0.114. The molecule has 0 saturated carbocycles. The molecular weight excluding hydrogens is 562 g/mol. The summed E-state index contributed by atoms with van der Waals surface area (Å²) in [6.45, 7) is 3.32. The van der Waals surface area contributed by atoms with Gasteiger partial charge in [-0.25, -0.2) is 14.6 Å². The highest BCUT2D eigenvalue weighted by Crippen LogP contribution is 2.26. The number of carbonyl (C=O) groups excluding carboxylic acids is 2. The molecule has 2 atom stereocenters. The van der Waals surface area contributed by atoms with Gasteiger partial charge in [0.1, 0.15) is 28.7 Å². The van der Waals surface area contributed by atoms with Crippen molar-refractivity contribution in [1.29, 1.82) is 0 Å². The topological polar surface area (TPSA) is 124 Å². The molecule has 5 aromatic rings. The van der Waals surface area contributed by atoms with Gasteiger partial charge in [-0.15, -0.1) is 0 Å². The first-order chi connectivity index (χ1) is 21.2. The summed E-state index contributed by atoms with van der Waals surface area (Å²) in [5.41, 5.74) is 2.15. The molecule has 1 heterocycles. The Morgan fingerprint density at radius 3 is 1.30 bits per heavy atom. The van der Waals surface area contributed by atoms with E-state index in [9.17, 15) is 19.8 Å². The Bertz CT molecular complexity index is 1570. The Morgan fingerprint density at radius 2 is 0.909 bits per heavy atom. The van der Waals surface area contributed by atoms with Gasteiger partial charge in [0.05, 0.1) is 29.5 Å². The van der Waals surface area contributed by atoms with E-state index in [-0.39, 0.29) is 0 Å². The van der Waals surface area contributed by atoms with Crippen LogP contribution in [0.25, 0.3) is 0 Å². The second-order valence-corrected chi connectivity index (χ2v) is 9.85. The first-order valence-electron chi connectivity index (χ1n) is 13.8. The van der Waals surface area contributed by atoms with E-state index >= 15 is 0 Å². The number of hydrogen-bond acceptors (Lipinski definition) is 9. The SMILES string of the molecule is CC(O)c1ccc(OC(=O)c2ccc(Oc3ccc(Oc4ccc(C(=O)Oc5ccc(C(C)O)cc5)cc4)nc3)cc2)cc1. The third kappa shape index (κ3) is 7.86. The van der Waals surface area contributed by atoms with Crippen LogP contribution in [0.5, 0.6) is 34.6 Å². The average molecular weight is 592 g/mol. The third-order valence-corrected chi connectivity index (χ3v) is 6.49. The fourth-order valence-electron chi connectivity index (χ4n) is 4.02. The van der Waals surface area contributed by atoms with Crippen LogP contribution < -0.4 is 18.9 Å². The van der Waals surface area contributed by atoms with Crippen LogP contribution in [0.15, 0.2) is 115 Å². The lowest BCUT2D eigenvalue weighted by Gasteiger charge is -2.09. The zero-order valence-electron chi connectivity index (χ0n) is 23.9. The molecule has 2 N–H and O–H groups in total. The number of aromatic nitrogens is 1. The predicted molar refractivity (Wildman–Crippen MR) is 161 cm³/mol. The van der Waals surface area contributed by atoms with Crippen LogP contribution in [0.1, 0.15) is 57.9 Å². The van der Waals surface area contributed by atoms with Crippen molar-refractivity contribution in [2.24, 2.45) is 0 Å². The molecule has 2 unspecified atom stereocenters. The smallest absolute Gasteiger partial charge is 0.343 e. The van der Waals surface area contributed by atoms with Crippen LogP contribution >= 0.6 is 0 Å². The van der Waals surface area contributed by atoms with E-state index < -0.39 is 24.1 Å². The van der Waals surface area contributed by atoms with E-state index in [1.807, 2.05) is 0 Å². The first kappa shape index (κ1) is 30.0. The maximum atomic E-state index is 12.5. The molecule has 0 radical (unpaired) electrons. The molecule has 0 aliphatic rings. The van der Waals surface area contributed by atoms with Crippen molar-refractivity contribution < 1.29 is 38.7 Å². The van der Waals surface area contributed by atoms with Gasteiger partial charge >= 0.3 is 11.9 Å². The molecule has 0 bridgehead atoms. The van der Waals surface area contributed by atoms with E-state index in [4.69, 9.17) is 18.9 Å². The van der Waals surface area contributed by atoms with Crippen molar-refractivity contribution in [3.05, 3.63) is 138 Å². The van der Waals surface area contributed by atoms with E-state index in [0.717, 1.165) is 11.1 Å². The molecule has 9 nitrogen and oxygen atoms in total. The Kier molecular flexibility index (Phi) is 9.29. The predicted octanol–water partition coefficient (Wildman–Crippen LogP) is 7.21. The van der Waals surface area contributed by atoms with Crippen molar-refractivity contribution in [2.45, 2.75) is 26.1 Å². The highest BCUT2D eigenvalue weighted by Gasteiger charge is 2.12. The minimum absolute atomic E-state index is 0.324. The number of carbonyl (C=O) groups is 2. The number of benzene rings is 4. The highest BCUT2D eigenvalue weighted by atomic mass is 16.5. The molecule has 44 heavy (non-hydrogen) atoms. The molecule has 4 aromatic carbocycles. The van der Waals surface area contributed by atoms with Crippen LogP contribution in [0.2, 0.25) is 0 Å². The summed E-state index contributed by atoms with van der Waals surface area (Å²) in [7, 11) is 0. The van der Waals surface area contributed by atoms with Crippen LogP contribution in [-0.4, -0.2) is 27.1 Å². The standard InChI is InChI=1S/C35H29NO8/c1-22(37)24-3-11-30(12-4-24)43-34(39)26-7-15-28(16-8-26)41-32-19-20-33(36-21-32)42-29-17-9-27(10-18-29)35(40)44-31-13-5-25(6-14-31)23(2)38/h3-23,37-38H,1-2H3. The van der Waals surface area contributed by atoms with Crippen molar-refractivity contribution in [3.63, 3.8) is 0 Å². The number of nitrogens with zero attached hydrogens (tertiary/aromatic N) is 1. The van der Waals surface area contributed by atoms with Crippen molar-refractivity contribution in [3.8, 4) is 34.6 Å². The number of ether oxygens (including phenoxy) is 4. The Hall–Kier alpha value is -5.51. The van der Waals surface area contributed by atoms with Gasteiger partial charge in [-0.1, -0.05) is 24.3 Å². The average Bonchev–Trinajstić information content (AvgIpc) is 3.03. The lowest BCUT2D eigenvalue weighted by atomic mass is 10.1. The van der Waals surface area contributed by atoms with Crippen LogP contribution in [0.4, 0.5) is 0 Å². The summed E-state index contributed by atoms with van der Waals surface area (Å²) in [5, 5.41) is 19.2. The lowest BCUT2D eigenvalue weighted by Crippen LogP contribution is -2.08. The summed E-state index contributed by atoms with van der Waals surface area (Å²) in [6.07, 6.45) is 0.302. The number of esters is 2. The van der Waals surface area contributed by atoms with Gasteiger partial charge in [-0.3, -0.25) is 0 Å². The fourth-order valence-corrected chi connectivity index (χ4v) is 4.02. The summed E-state index contributed by atoms with van der Waals surface area (Å²) in [6, 6.07) is 29.6. The zero-order valence-corrected chi connectivity index (χ0v) is 23.9. The number of hydrogen-bond donors (Lipinski definition) is 2. The van der Waals surface area contributed by atoms with Crippen LogP contribution in [0, 0.1) is 0 Å². The Labute approximate surface area is 253 Å². The van der Waals surface area contributed by atoms with Crippen molar-refractivity contribution in [2.75, 3.05) is 0 Å². The van der Waals surface area contributed by atoms with Gasteiger partial charge in [0, 0.05) is 6.07 Å². The Balaban J connectivity index is 1.12. The zero-order chi connectivity index (χ0) is 31.1. The maximum Gasteiger partial charge on any atom is 0.343 e. The molecule has 0 fully saturated rings. The van der Waals surface area contributed by atoms with Gasteiger partial charge in [0.15, 0.2) is 0 Å².